The number of hydrogen-bond donors (Lipinski definition) is 0. The second-order valence-corrected chi connectivity index (χ2v) is 6.57. The van der Waals surface area contributed by atoms with Crippen molar-refractivity contribution in [2.75, 3.05) is 0 Å². The van der Waals surface area contributed by atoms with E-state index in [2.05, 4.69) is 61.9 Å². The Labute approximate surface area is 133 Å². The van der Waals surface area contributed by atoms with Crippen LogP contribution < -0.4 is 0 Å². The SMILES string of the molecule is Cc1cccc(-n2c(C)cc(C=NC3CCCCC3)c2C)c1. The molecule has 1 aliphatic rings. The van der Waals surface area contributed by atoms with Gasteiger partial charge in [0, 0.05) is 34.9 Å². The zero-order chi connectivity index (χ0) is 15.5. The van der Waals surface area contributed by atoms with Crippen LogP contribution in [0, 0.1) is 20.8 Å². The minimum absolute atomic E-state index is 0.538. The molecule has 1 aromatic heterocycles. The van der Waals surface area contributed by atoms with Gasteiger partial charge in [-0.25, -0.2) is 0 Å². The molecule has 22 heavy (non-hydrogen) atoms. The maximum Gasteiger partial charge on any atom is 0.0499 e. The van der Waals surface area contributed by atoms with Gasteiger partial charge in [-0.3, -0.25) is 4.99 Å². The summed E-state index contributed by atoms with van der Waals surface area (Å²) in [5.74, 6) is 0. The lowest BCUT2D eigenvalue weighted by Gasteiger charge is -2.17. The van der Waals surface area contributed by atoms with Crippen LogP contribution in [0.3, 0.4) is 0 Å². The van der Waals surface area contributed by atoms with E-state index in [1.165, 1.54) is 60.3 Å². The quantitative estimate of drug-likeness (QED) is 0.696. The molecule has 1 fully saturated rings. The molecule has 3 rings (SSSR count). The number of nitrogens with zero attached hydrogens (tertiary/aromatic N) is 2. The Bertz CT molecular complexity index is 673. The predicted molar refractivity (Wildman–Crippen MR) is 94.4 cm³/mol. The summed E-state index contributed by atoms with van der Waals surface area (Å²) in [4.78, 5) is 4.84. The molecule has 2 nitrogen and oxygen atoms in total. The summed E-state index contributed by atoms with van der Waals surface area (Å²) < 4.78 is 2.33. The Morgan fingerprint density at radius 2 is 1.82 bits per heavy atom. The van der Waals surface area contributed by atoms with Crippen molar-refractivity contribution in [2.24, 2.45) is 4.99 Å². The fourth-order valence-electron chi connectivity index (χ4n) is 3.50. The third-order valence-corrected chi connectivity index (χ3v) is 4.73. The fraction of sp³-hybridized carbons (Fsp3) is 0.450. The average molecular weight is 294 g/mol. The standard InChI is InChI=1S/C20H26N2/c1-15-8-7-11-20(12-15)22-16(2)13-18(17(22)3)14-21-19-9-5-4-6-10-19/h7-8,11-14,19H,4-6,9-10H2,1-3H3. The van der Waals surface area contributed by atoms with Gasteiger partial charge < -0.3 is 4.57 Å². The molecule has 0 radical (unpaired) electrons. The molecule has 2 heteroatoms. The Kier molecular flexibility index (Phi) is 4.47. The molecule has 0 atom stereocenters. The Balaban J connectivity index is 1.88. The molecule has 0 N–H and O–H groups in total. The van der Waals surface area contributed by atoms with Crippen molar-refractivity contribution in [1.29, 1.82) is 0 Å². The smallest absolute Gasteiger partial charge is 0.0499 e. The topological polar surface area (TPSA) is 17.3 Å². The van der Waals surface area contributed by atoms with Gasteiger partial charge in [0.15, 0.2) is 0 Å². The first-order valence-electron chi connectivity index (χ1n) is 8.44. The summed E-state index contributed by atoms with van der Waals surface area (Å²) in [5, 5.41) is 0. The summed E-state index contributed by atoms with van der Waals surface area (Å²) in [7, 11) is 0. The molecular weight excluding hydrogens is 268 g/mol. The number of aromatic nitrogens is 1. The van der Waals surface area contributed by atoms with Crippen LogP contribution in [-0.2, 0) is 0 Å². The van der Waals surface area contributed by atoms with Crippen LogP contribution in [0.15, 0.2) is 35.3 Å². The number of aryl methyl sites for hydroxylation is 2. The van der Waals surface area contributed by atoms with Gasteiger partial charge in [-0.2, -0.15) is 0 Å². The van der Waals surface area contributed by atoms with Crippen molar-refractivity contribution in [2.45, 2.75) is 58.9 Å². The van der Waals surface area contributed by atoms with Gasteiger partial charge in [0.2, 0.25) is 0 Å². The van der Waals surface area contributed by atoms with E-state index in [9.17, 15) is 0 Å². The van der Waals surface area contributed by atoms with Gasteiger partial charge in [0.25, 0.3) is 0 Å². The number of aliphatic imine (C=N–C) groups is 1. The second kappa shape index (κ2) is 6.51. The zero-order valence-electron chi connectivity index (χ0n) is 14.0. The van der Waals surface area contributed by atoms with Crippen LogP contribution in [0.4, 0.5) is 0 Å². The highest BCUT2D eigenvalue weighted by Gasteiger charge is 2.13. The first-order chi connectivity index (χ1) is 10.6. The van der Waals surface area contributed by atoms with Crippen molar-refractivity contribution >= 4 is 6.21 Å². The first-order valence-corrected chi connectivity index (χ1v) is 8.44. The Hall–Kier alpha value is -1.83. The molecule has 0 spiro atoms. The van der Waals surface area contributed by atoms with Gasteiger partial charge in [-0.15, -0.1) is 0 Å². The lowest BCUT2D eigenvalue weighted by Crippen LogP contribution is -2.09. The molecule has 0 unspecified atom stereocenters. The Morgan fingerprint density at radius 1 is 1.05 bits per heavy atom. The minimum atomic E-state index is 0.538. The van der Waals surface area contributed by atoms with Crippen molar-refractivity contribution in [1.82, 2.24) is 4.57 Å². The van der Waals surface area contributed by atoms with Crippen molar-refractivity contribution in [3.8, 4) is 5.69 Å². The highest BCUT2D eigenvalue weighted by Crippen LogP contribution is 2.23. The van der Waals surface area contributed by atoms with E-state index in [0.29, 0.717) is 6.04 Å². The van der Waals surface area contributed by atoms with Crippen molar-refractivity contribution < 1.29 is 0 Å². The van der Waals surface area contributed by atoms with Crippen LogP contribution in [0.2, 0.25) is 0 Å². The van der Waals surface area contributed by atoms with Crippen LogP contribution in [0.1, 0.15) is 54.6 Å². The largest absolute Gasteiger partial charge is 0.318 e. The van der Waals surface area contributed by atoms with Gasteiger partial charge in [0.05, 0.1) is 0 Å². The number of hydrogen-bond acceptors (Lipinski definition) is 1. The minimum Gasteiger partial charge on any atom is -0.318 e. The Morgan fingerprint density at radius 3 is 2.55 bits per heavy atom. The van der Waals surface area contributed by atoms with Gasteiger partial charge >= 0.3 is 0 Å². The fourth-order valence-corrected chi connectivity index (χ4v) is 3.50. The highest BCUT2D eigenvalue weighted by atomic mass is 15.0. The van der Waals surface area contributed by atoms with E-state index < -0.39 is 0 Å². The van der Waals surface area contributed by atoms with Gasteiger partial charge in [-0.1, -0.05) is 31.4 Å². The summed E-state index contributed by atoms with van der Waals surface area (Å²) in [6.07, 6.45) is 8.67. The van der Waals surface area contributed by atoms with Gasteiger partial charge in [0.1, 0.15) is 0 Å². The van der Waals surface area contributed by atoms with E-state index in [-0.39, 0.29) is 0 Å². The van der Waals surface area contributed by atoms with Crippen LogP contribution in [-0.4, -0.2) is 16.8 Å². The zero-order valence-corrected chi connectivity index (χ0v) is 14.0. The monoisotopic (exact) mass is 294 g/mol. The highest BCUT2D eigenvalue weighted by molar-refractivity contribution is 5.82. The molecule has 0 bridgehead atoms. The molecule has 0 amide bonds. The maximum absolute atomic E-state index is 4.84. The maximum atomic E-state index is 4.84. The average Bonchev–Trinajstić information content (AvgIpc) is 2.80. The van der Waals surface area contributed by atoms with E-state index in [1.54, 1.807) is 0 Å². The summed E-state index contributed by atoms with van der Waals surface area (Å²) in [6, 6.07) is 11.5. The third-order valence-electron chi connectivity index (χ3n) is 4.73. The normalized spacial score (nSPS) is 16.5. The summed E-state index contributed by atoms with van der Waals surface area (Å²) in [5.41, 5.74) is 6.34. The van der Waals surface area contributed by atoms with Crippen LogP contribution >= 0.6 is 0 Å². The van der Waals surface area contributed by atoms with E-state index >= 15 is 0 Å². The van der Waals surface area contributed by atoms with E-state index in [4.69, 9.17) is 4.99 Å². The molecule has 2 aromatic rings. The molecule has 1 aromatic carbocycles. The lowest BCUT2D eigenvalue weighted by molar-refractivity contribution is 0.444. The van der Waals surface area contributed by atoms with E-state index in [1.807, 2.05) is 0 Å². The van der Waals surface area contributed by atoms with Crippen molar-refractivity contribution in [3.05, 3.63) is 52.8 Å². The van der Waals surface area contributed by atoms with E-state index in [0.717, 1.165) is 0 Å². The first kappa shape index (κ1) is 15.1. The molecule has 1 heterocycles. The van der Waals surface area contributed by atoms with Crippen LogP contribution in [0.25, 0.3) is 5.69 Å². The molecule has 0 aliphatic heterocycles. The van der Waals surface area contributed by atoms with Crippen LogP contribution in [0.5, 0.6) is 0 Å². The third kappa shape index (κ3) is 3.16. The predicted octanol–water partition coefficient (Wildman–Crippen LogP) is 5.15. The lowest BCUT2D eigenvalue weighted by atomic mass is 9.96. The number of rotatable bonds is 3. The van der Waals surface area contributed by atoms with Gasteiger partial charge in [-0.05, 0) is 57.4 Å². The summed E-state index contributed by atoms with van der Waals surface area (Å²) >= 11 is 0. The molecule has 1 saturated carbocycles. The molecule has 116 valence electrons. The molecule has 1 aliphatic carbocycles. The molecular formula is C20H26N2. The van der Waals surface area contributed by atoms with Crippen molar-refractivity contribution in [3.63, 3.8) is 0 Å². The summed E-state index contributed by atoms with van der Waals surface area (Å²) in [6.45, 7) is 6.51. The second-order valence-electron chi connectivity index (χ2n) is 6.57. The molecule has 0 saturated heterocycles. The number of benzene rings is 1.